The van der Waals surface area contributed by atoms with E-state index < -0.39 is 5.60 Å². The van der Waals surface area contributed by atoms with Crippen LogP contribution in [0, 0.1) is 12.8 Å². The number of aryl methyl sites for hydroxylation is 2. The summed E-state index contributed by atoms with van der Waals surface area (Å²) in [5, 5.41) is 13.1. The van der Waals surface area contributed by atoms with Crippen molar-refractivity contribution in [3.8, 4) is 0 Å². The summed E-state index contributed by atoms with van der Waals surface area (Å²) in [5.74, 6) is 0.418. The molecule has 4 heteroatoms. The van der Waals surface area contributed by atoms with E-state index in [0.29, 0.717) is 17.9 Å². The summed E-state index contributed by atoms with van der Waals surface area (Å²) in [6.07, 6.45) is 5.48. The van der Waals surface area contributed by atoms with Crippen molar-refractivity contribution in [3.63, 3.8) is 0 Å². The van der Waals surface area contributed by atoms with Crippen LogP contribution >= 0.6 is 0 Å². The molecule has 4 nitrogen and oxygen atoms in total. The quantitative estimate of drug-likeness (QED) is 0.792. The maximum Gasteiger partial charge on any atom is 0.251 e. The molecular weight excluding hydrogens is 324 g/mol. The van der Waals surface area contributed by atoms with Crippen molar-refractivity contribution in [2.45, 2.75) is 58.1 Å². The monoisotopic (exact) mass is 352 g/mol. The van der Waals surface area contributed by atoms with Crippen LogP contribution in [0.1, 0.15) is 66.3 Å². The van der Waals surface area contributed by atoms with Crippen molar-refractivity contribution < 1.29 is 9.90 Å². The van der Waals surface area contributed by atoms with Crippen molar-refractivity contribution in [3.05, 3.63) is 65.0 Å². The molecule has 1 atom stereocenters. The Morgan fingerprint density at radius 1 is 1.31 bits per heavy atom. The maximum atomic E-state index is 12.8. The van der Waals surface area contributed by atoms with Gasteiger partial charge < -0.3 is 10.4 Å². The van der Waals surface area contributed by atoms with Crippen LogP contribution in [0.3, 0.4) is 0 Å². The van der Waals surface area contributed by atoms with Gasteiger partial charge in [-0.1, -0.05) is 12.1 Å². The molecule has 2 N–H and O–H groups in total. The Balaban J connectivity index is 1.72. The average Bonchev–Trinajstić information content (AvgIpc) is 3.42. The lowest BCUT2D eigenvalue weighted by atomic mass is 9.97. The molecule has 1 aromatic carbocycles. The number of nitrogens with one attached hydrogen (secondary N) is 1. The molecule has 1 aliphatic rings. The summed E-state index contributed by atoms with van der Waals surface area (Å²) in [5.41, 5.74) is 3.13. The van der Waals surface area contributed by atoms with Crippen LogP contribution < -0.4 is 5.32 Å². The van der Waals surface area contributed by atoms with Gasteiger partial charge in [-0.25, -0.2) is 0 Å². The third kappa shape index (κ3) is 5.15. The number of hydrogen-bond acceptors (Lipinski definition) is 3. The second kappa shape index (κ2) is 7.58. The highest BCUT2D eigenvalue weighted by molar-refractivity contribution is 5.94. The number of carbonyl (C=O) groups is 1. The van der Waals surface area contributed by atoms with Crippen molar-refractivity contribution in [2.75, 3.05) is 0 Å². The van der Waals surface area contributed by atoms with E-state index in [2.05, 4.69) is 16.4 Å². The van der Waals surface area contributed by atoms with E-state index in [1.807, 2.05) is 43.5 Å². The second-order valence-electron chi connectivity index (χ2n) is 8.06. The lowest BCUT2D eigenvalue weighted by Gasteiger charge is -2.19. The summed E-state index contributed by atoms with van der Waals surface area (Å²) in [6, 6.07) is 11.7. The first kappa shape index (κ1) is 18.6. The van der Waals surface area contributed by atoms with Gasteiger partial charge in [0, 0.05) is 11.8 Å². The minimum atomic E-state index is -0.702. The molecule has 1 fully saturated rings. The SMILES string of the molecule is Cc1ccnc(C(NC(=O)c2cccc(CCC(C)(C)O)c2)C2CC2)c1. The van der Waals surface area contributed by atoms with Crippen molar-refractivity contribution >= 4 is 5.91 Å². The van der Waals surface area contributed by atoms with Crippen molar-refractivity contribution in [1.82, 2.24) is 10.3 Å². The highest BCUT2D eigenvalue weighted by atomic mass is 16.3. The molecule has 1 unspecified atom stereocenters. The van der Waals surface area contributed by atoms with E-state index in [4.69, 9.17) is 0 Å². The number of aromatic nitrogens is 1. The van der Waals surface area contributed by atoms with E-state index in [1.165, 1.54) is 0 Å². The molecule has 1 heterocycles. The lowest BCUT2D eigenvalue weighted by Crippen LogP contribution is -2.30. The van der Waals surface area contributed by atoms with Gasteiger partial charge in [-0.15, -0.1) is 0 Å². The number of nitrogens with zero attached hydrogens (tertiary/aromatic N) is 1. The molecule has 0 spiro atoms. The number of carbonyl (C=O) groups excluding carboxylic acids is 1. The summed E-state index contributed by atoms with van der Waals surface area (Å²) in [6.45, 7) is 5.65. The Hall–Kier alpha value is -2.20. The van der Waals surface area contributed by atoms with Gasteiger partial charge in [0.1, 0.15) is 0 Å². The van der Waals surface area contributed by atoms with Crippen LogP contribution in [0.25, 0.3) is 0 Å². The Bertz CT molecular complexity index is 776. The molecule has 1 amide bonds. The van der Waals surface area contributed by atoms with Crippen LogP contribution in [-0.4, -0.2) is 21.6 Å². The minimum absolute atomic E-state index is 0.0255. The molecule has 2 aromatic rings. The predicted octanol–water partition coefficient (Wildman–Crippen LogP) is 3.97. The second-order valence-corrected chi connectivity index (χ2v) is 8.06. The molecule has 0 bridgehead atoms. The number of amides is 1. The molecule has 0 radical (unpaired) electrons. The normalized spacial score (nSPS) is 15.5. The molecule has 138 valence electrons. The van der Waals surface area contributed by atoms with Crippen molar-refractivity contribution in [2.24, 2.45) is 5.92 Å². The molecule has 0 saturated heterocycles. The van der Waals surface area contributed by atoms with Gasteiger partial charge in [0.15, 0.2) is 0 Å². The standard InChI is InChI=1S/C22H28N2O2/c1-15-10-12-23-19(13-15)20(17-7-8-17)24-21(25)18-6-4-5-16(14-18)9-11-22(2,3)26/h4-6,10,12-14,17,20,26H,7-9,11H2,1-3H3,(H,24,25). The number of aliphatic hydroxyl groups is 1. The van der Waals surface area contributed by atoms with Gasteiger partial charge >= 0.3 is 0 Å². The van der Waals surface area contributed by atoms with E-state index in [1.54, 1.807) is 13.8 Å². The number of pyridine rings is 1. The highest BCUT2D eigenvalue weighted by Gasteiger charge is 2.34. The van der Waals surface area contributed by atoms with Crippen LogP contribution in [0.15, 0.2) is 42.6 Å². The Kier molecular flexibility index (Phi) is 5.42. The molecule has 1 saturated carbocycles. The Morgan fingerprint density at radius 2 is 2.08 bits per heavy atom. The van der Waals surface area contributed by atoms with E-state index in [0.717, 1.165) is 36.1 Å². The van der Waals surface area contributed by atoms with Gasteiger partial charge in [0.25, 0.3) is 5.91 Å². The van der Waals surface area contributed by atoms with E-state index in [9.17, 15) is 9.90 Å². The predicted molar refractivity (Wildman–Crippen MR) is 103 cm³/mol. The average molecular weight is 352 g/mol. The molecule has 3 rings (SSSR count). The van der Waals surface area contributed by atoms with Crippen LogP contribution in [-0.2, 0) is 6.42 Å². The van der Waals surface area contributed by atoms with Crippen LogP contribution in [0.2, 0.25) is 0 Å². The third-order valence-corrected chi connectivity index (χ3v) is 4.85. The topological polar surface area (TPSA) is 62.2 Å². The third-order valence-electron chi connectivity index (χ3n) is 4.85. The Labute approximate surface area is 155 Å². The number of hydrogen-bond donors (Lipinski definition) is 2. The molecule has 1 aromatic heterocycles. The largest absolute Gasteiger partial charge is 0.390 e. The smallest absolute Gasteiger partial charge is 0.251 e. The first-order chi connectivity index (χ1) is 12.3. The molecule has 0 aliphatic heterocycles. The van der Waals surface area contributed by atoms with Gasteiger partial charge in [0.05, 0.1) is 17.3 Å². The first-order valence-corrected chi connectivity index (χ1v) is 9.36. The highest BCUT2D eigenvalue weighted by Crippen LogP contribution is 2.40. The van der Waals surface area contributed by atoms with Crippen LogP contribution in [0.5, 0.6) is 0 Å². The fraction of sp³-hybridized carbons (Fsp3) is 0.455. The summed E-state index contributed by atoms with van der Waals surface area (Å²) in [7, 11) is 0. The van der Waals surface area contributed by atoms with Gasteiger partial charge in [-0.2, -0.15) is 0 Å². The van der Waals surface area contributed by atoms with Gasteiger partial charge in [-0.3, -0.25) is 9.78 Å². The van der Waals surface area contributed by atoms with Crippen LogP contribution in [0.4, 0.5) is 0 Å². The zero-order valence-corrected chi connectivity index (χ0v) is 15.8. The zero-order valence-electron chi connectivity index (χ0n) is 15.8. The van der Waals surface area contributed by atoms with E-state index >= 15 is 0 Å². The summed E-state index contributed by atoms with van der Waals surface area (Å²) >= 11 is 0. The summed E-state index contributed by atoms with van der Waals surface area (Å²) < 4.78 is 0. The molecular formula is C22H28N2O2. The zero-order chi connectivity index (χ0) is 18.7. The van der Waals surface area contributed by atoms with E-state index in [-0.39, 0.29) is 11.9 Å². The number of benzene rings is 1. The maximum absolute atomic E-state index is 12.8. The lowest BCUT2D eigenvalue weighted by molar-refractivity contribution is 0.0714. The molecule has 1 aliphatic carbocycles. The Morgan fingerprint density at radius 3 is 2.73 bits per heavy atom. The van der Waals surface area contributed by atoms with Crippen molar-refractivity contribution in [1.29, 1.82) is 0 Å². The minimum Gasteiger partial charge on any atom is -0.390 e. The fourth-order valence-corrected chi connectivity index (χ4v) is 3.14. The van der Waals surface area contributed by atoms with Gasteiger partial charge in [-0.05, 0) is 87.8 Å². The van der Waals surface area contributed by atoms with Gasteiger partial charge in [0.2, 0.25) is 0 Å². The summed E-state index contributed by atoms with van der Waals surface area (Å²) in [4.78, 5) is 17.3. The molecule has 26 heavy (non-hydrogen) atoms. The number of rotatable bonds is 7. The fourth-order valence-electron chi connectivity index (χ4n) is 3.14. The first-order valence-electron chi connectivity index (χ1n) is 9.36.